The number of carbonyl (C=O) groups excluding carboxylic acids is 2. The number of likely N-dealkylation sites (tertiary alicyclic amines) is 1. The van der Waals surface area contributed by atoms with Gasteiger partial charge in [0.2, 0.25) is 0 Å². The second-order valence-electron chi connectivity index (χ2n) is 8.20. The number of hydrogen-bond acceptors (Lipinski definition) is 3. The van der Waals surface area contributed by atoms with Gasteiger partial charge in [0, 0.05) is 18.5 Å². The molecule has 1 saturated heterocycles. The first-order chi connectivity index (χ1) is 14.6. The van der Waals surface area contributed by atoms with Crippen molar-refractivity contribution < 1.29 is 9.59 Å². The van der Waals surface area contributed by atoms with Gasteiger partial charge < -0.3 is 4.90 Å². The summed E-state index contributed by atoms with van der Waals surface area (Å²) in [5, 5.41) is 1.92. The van der Waals surface area contributed by atoms with Crippen LogP contribution >= 0.6 is 0 Å². The van der Waals surface area contributed by atoms with Crippen LogP contribution in [0, 0.1) is 5.92 Å². The molecule has 2 aliphatic heterocycles. The molecule has 0 radical (unpaired) electrons. The van der Waals surface area contributed by atoms with E-state index in [1.807, 2.05) is 72.8 Å². The van der Waals surface area contributed by atoms with Crippen molar-refractivity contribution in [1.29, 1.82) is 0 Å². The first-order valence-electron chi connectivity index (χ1n) is 10.6. The van der Waals surface area contributed by atoms with Gasteiger partial charge in [-0.15, -0.1) is 0 Å². The summed E-state index contributed by atoms with van der Waals surface area (Å²) in [5.74, 6) is 0.185. The normalized spacial score (nSPS) is 18.0. The molecule has 3 aromatic carbocycles. The summed E-state index contributed by atoms with van der Waals surface area (Å²) in [5.41, 5.74) is 2.51. The lowest BCUT2D eigenvalue weighted by atomic mass is 9.97. The van der Waals surface area contributed by atoms with Crippen LogP contribution in [0.1, 0.15) is 25.3 Å². The van der Waals surface area contributed by atoms with Crippen molar-refractivity contribution >= 4 is 33.8 Å². The predicted octanol–water partition coefficient (Wildman–Crippen LogP) is 4.86. The Morgan fingerprint density at radius 2 is 1.43 bits per heavy atom. The predicted molar refractivity (Wildman–Crippen MR) is 120 cm³/mol. The number of amides is 2. The molecule has 2 amide bonds. The summed E-state index contributed by atoms with van der Waals surface area (Å²) in [6.45, 7) is 3.85. The molecule has 0 aromatic heterocycles. The Bertz CT molecular complexity index is 1150. The van der Waals surface area contributed by atoms with Gasteiger partial charge in [0.25, 0.3) is 11.8 Å². The van der Waals surface area contributed by atoms with Crippen molar-refractivity contribution in [3.63, 3.8) is 0 Å². The minimum atomic E-state index is -0.240. The number of rotatable bonds is 3. The van der Waals surface area contributed by atoms with Gasteiger partial charge in [-0.3, -0.25) is 9.59 Å². The average Bonchev–Trinajstić information content (AvgIpc) is 3.04. The molecule has 0 saturated carbocycles. The average molecular weight is 396 g/mol. The lowest BCUT2D eigenvalue weighted by Gasteiger charge is -2.32. The summed E-state index contributed by atoms with van der Waals surface area (Å²) < 4.78 is 0. The van der Waals surface area contributed by atoms with Crippen LogP contribution in [0.4, 0.5) is 5.69 Å². The molecule has 4 nitrogen and oxygen atoms in total. The van der Waals surface area contributed by atoms with Crippen LogP contribution in [0.25, 0.3) is 16.3 Å². The third-order valence-electron chi connectivity index (χ3n) is 6.23. The van der Waals surface area contributed by atoms with Crippen molar-refractivity contribution in [2.75, 3.05) is 18.0 Å². The second-order valence-corrected chi connectivity index (χ2v) is 8.20. The first-order valence-corrected chi connectivity index (χ1v) is 10.6. The number of hydrogen-bond donors (Lipinski definition) is 0. The van der Waals surface area contributed by atoms with E-state index in [0.29, 0.717) is 22.9 Å². The maximum atomic E-state index is 13.7. The van der Waals surface area contributed by atoms with Crippen molar-refractivity contribution in [3.05, 3.63) is 84.1 Å². The Balaban J connectivity index is 1.65. The Labute approximate surface area is 176 Å². The van der Waals surface area contributed by atoms with Crippen LogP contribution in [0.3, 0.4) is 0 Å². The third kappa shape index (κ3) is 3.00. The largest absolute Gasteiger partial charge is 0.366 e. The summed E-state index contributed by atoms with van der Waals surface area (Å²) >= 11 is 0. The first kappa shape index (κ1) is 18.6. The van der Waals surface area contributed by atoms with Gasteiger partial charge in [0.05, 0.1) is 11.3 Å². The van der Waals surface area contributed by atoms with Gasteiger partial charge in [-0.25, -0.2) is 4.90 Å². The van der Waals surface area contributed by atoms with Gasteiger partial charge in [0.15, 0.2) is 0 Å². The van der Waals surface area contributed by atoms with Crippen LogP contribution in [0.2, 0.25) is 0 Å². The zero-order valence-electron chi connectivity index (χ0n) is 17.0. The van der Waals surface area contributed by atoms with E-state index in [0.717, 1.165) is 42.3 Å². The summed E-state index contributed by atoms with van der Waals surface area (Å²) in [7, 11) is 0. The maximum Gasteiger partial charge on any atom is 0.282 e. The fraction of sp³-hybridized carbons (Fsp3) is 0.231. The highest BCUT2D eigenvalue weighted by Gasteiger charge is 2.43. The van der Waals surface area contributed by atoms with Gasteiger partial charge in [0.1, 0.15) is 5.70 Å². The summed E-state index contributed by atoms with van der Waals surface area (Å²) in [6, 6.07) is 23.2. The highest BCUT2D eigenvalue weighted by Crippen LogP contribution is 2.38. The van der Waals surface area contributed by atoms with Crippen molar-refractivity contribution in [2.45, 2.75) is 19.8 Å². The highest BCUT2D eigenvalue weighted by molar-refractivity contribution is 6.46. The van der Waals surface area contributed by atoms with E-state index in [1.54, 1.807) is 0 Å². The highest BCUT2D eigenvalue weighted by atomic mass is 16.2. The fourth-order valence-electron chi connectivity index (χ4n) is 4.53. The third-order valence-corrected chi connectivity index (χ3v) is 6.23. The molecule has 0 bridgehead atoms. The van der Waals surface area contributed by atoms with E-state index in [1.165, 1.54) is 4.90 Å². The van der Waals surface area contributed by atoms with E-state index < -0.39 is 0 Å². The molecule has 0 atom stereocenters. The number of fused-ring (bicyclic) bond motifs is 1. The second kappa shape index (κ2) is 7.45. The number of piperidine rings is 1. The molecule has 2 heterocycles. The minimum Gasteiger partial charge on any atom is -0.366 e. The zero-order chi connectivity index (χ0) is 20.7. The molecule has 0 unspecified atom stereocenters. The molecule has 2 aliphatic rings. The van der Waals surface area contributed by atoms with E-state index in [9.17, 15) is 9.59 Å². The quantitative estimate of drug-likeness (QED) is 0.594. The van der Waals surface area contributed by atoms with E-state index >= 15 is 0 Å². The Morgan fingerprint density at radius 3 is 2.20 bits per heavy atom. The molecule has 3 aromatic rings. The van der Waals surface area contributed by atoms with E-state index in [-0.39, 0.29) is 11.8 Å². The van der Waals surface area contributed by atoms with Crippen LogP contribution in [-0.4, -0.2) is 29.8 Å². The number of carbonyl (C=O) groups is 2. The van der Waals surface area contributed by atoms with Crippen LogP contribution in [0.5, 0.6) is 0 Å². The number of nitrogens with zero attached hydrogens (tertiary/aromatic N) is 2. The maximum absolute atomic E-state index is 13.7. The number of imide groups is 1. The van der Waals surface area contributed by atoms with Crippen molar-refractivity contribution in [3.8, 4) is 0 Å². The van der Waals surface area contributed by atoms with Gasteiger partial charge in [-0.05, 0) is 35.8 Å². The SMILES string of the molecule is CC1CCN(C2=C(c3ccccc3)C(=O)N(c3cccc4ccccc34)C2=O)CC1. The topological polar surface area (TPSA) is 40.6 Å². The summed E-state index contributed by atoms with van der Waals surface area (Å²) in [4.78, 5) is 30.9. The lowest BCUT2D eigenvalue weighted by molar-refractivity contribution is -0.120. The number of anilines is 1. The van der Waals surface area contributed by atoms with Crippen molar-refractivity contribution in [1.82, 2.24) is 4.90 Å². The summed E-state index contributed by atoms with van der Waals surface area (Å²) in [6.07, 6.45) is 2.06. The molecule has 5 rings (SSSR count). The molecule has 0 N–H and O–H groups in total. The van der Waals surface area contributed by atoms with Crippen LogP contribution < -0.4 is 4.90 Å². The van der Waals surface area contributed by atoms with Crippen molar-refractivity contribution in [2.24, 2.45) is 5.92 Å². The lowest BCUT2D eigenvalue weighted by Crippen LogP contribution is -2.38. The van der Waals surface area contributed by atoms with Gasteiger partial charge >= 0.3 is 0 Å². The van der Waals surface area contributed by atoms with E-state index in [4.69, 9.17) is 0 Å². The standard InChI is InChI=1S/C26H24N2O2/c1-18-14-16-27(17-15-18)24-23(20-9-3-2-4-10-20)25(29)28(26(24)30)22-13-7-11-19-8-5-6-12-21(19)22/h2-13,18H,14-17H2,1H3. The molecule has 30 heavy (non-hydrogen) atoms. The molecule has 4 heteroatoms. The van der Waals surface area contributed by atoms with Gasteiger partial charge in [-0.2, -0.15) is 0 Å². The minimum absolute atomic E-state index is 0.218. The fourth-order valence-corrected chi connectivity index (χ4v) is 4.53. The Hall–Kier alpha value is -3.40. The molecular weight excluding hydrogens is 372 g/mol. The van der Waals surface area contributed by atoms with Gasteiger partial charge in [-0.1, -0.05) is 73.7 Å². The van der Waals surface area contributed by atoms with Crippen LogP contribution in [-0.2, 0) is 9.59 Å². The zero-order valence-corrected chi connectivity index (χ0v) is 17.0. The molecular formula is C26H24N2O2. The monoisotopic (exact) mass is 396 g/mol. The molecule has 0 spiro atoms. The Morgan fingerprint density at radius 1 is 0.767 bits per heavy atom. The molecule has 0 aliphatic carbocycles. The number of benzene rings is 3. The van der Waals surface area contributed by atoms with E-state index in [2.05, 4.69) is 11.8 Å². The van der Waals surface area contributed by atoms with Crippen LogP contribution in [0.15, 0.2) is 78.5 Å². The smallest absolute Gasteiger partial charge is 0.282 e. The molecule has 1 fully saturated rings. The molecule has 150 valence electrons. The Kier molecular flexibility index (Phi) is 4.62.